The van der Waals surface area contributed by atoms with Gasteiger partial charge in [-0.05, 0) is 42.8 Å². The van der Waals surface area contributed by atoms with Gasteiger partial charge in [0.1, 0.15) is 11.6 Å². The summed E-state index contributed by atoms with van der Waals surface area (Å²) in [5, 5.41) is 5.77. The molecule has 0 aromatic heterocycles. The lowest BCUT2D eigenvalue weighted by Crippen LogP contribution is -2.22. The number of amides is 1. The number of methoxy groups -OCH3 is 1. The van der Waals surface area contributed by atoms with E-state index in [1.165, 1.54) is 12.1 Å². The van der Waals surface area contributed by atoms with Crippen molar-refractivity contribution in [3.63, 3.8) is 0 Å². The molecule has 0 saturated carbocycles. The Morgan fingerprint density at radius 3 is 2.68 bits per heavy atom. The minimum Gasteiger partial charge on any atom is -0.495 e. The topological polar surface area (TPSA) is 50.4 Å². The van der Waals surface area contributed by atoms with Crippen LogP contribution in [-0.4, -0.2) is 19.6 Å². The summed E-state index contributed by atoms with van der Waals surface area (Å²) in [6, 6.07) is 9.43. The molecule has 2 aromatic rings. The number of benzene rings is 2. The summed E-state index contributed by atoms with van der Waals surface area (Å²) in [6.07, 6.45) is 0. The number of carbonyl (C=O) groups excluding carboxylic acids is 1. The van der Waals surface area contributed by atoms with Crippen LogP contribution in [0.5, 0.6) is 5.75 Å². The second-order valence-corrected chi connectivity index (χ2v) is 5.14. The van der Waals surface area contributed by atoms with Gasteiger partial charge in [0.2, 0.25) is 5.91 Å². The van der Waals surface area contributed by atoms with Crippen molar-refractivity contribution in [2.75, 3.05) is 24.3 Å². The van der Waals surface area contributed by atoms with Crippen LogP contribution < -0.4 is 15.4 Å². The molecule has 0 spiro atoms. The van der Waals surface area contributed by atoms with Gasteiger partial charge in [-0.2, -0.15) is 0 Å². The largest absolute Gasteiger partial charge is 0.495 e. The van der Waals surface area contributed by atoms with Crippen LogP contribution >= 0.6 is 11.6 Å². The van der Waals surface area contributed by atoms with E-state index < -0.39 is 5.82 Å². The molecule has 6 heteroatoms. The van der Waals surface area contributed by atoms with Crippen LogP contribution in [0.3, 0.4) is 0 Å². The number of hydrogen-bond acceptors (Lipinski definition) is 3. The standard InChI is InChI=1S/C16H16ClFN2O2/c1-10-3-6-15(22-2)14(7-10)19-9-16(21)20-13-5-4-11(18)8-12(13)17/h3-8,19H,9H2,1-2H3,(H,20,21). The van der Waals surface area contributed by atoms with Gasteiger partial charge in [0.25, 0.3) is 0 Å². The predicted molar refractivity (Wildman–Crippen MR) is 86.3 cm³/mol. The molecule has 2 aromatic carbocycles. The number of nitrogens with one attached hydrogen (secondary N) is 2. The molecule has 0 aliphatic carbocycles. The summed E-state index contributed by atoms with van der Waals surface area (Å²) < 4.78 is 18.2. The van der Waals surface area contributed by atoms with Gasteiger partial charge in [0, 0.05) is 0 Å². The third-order valence-corrected chi connectivity index (χ3v) is 3.31. The monoisotopic (exact) mass is 322 g/mol. The first-order valence-corrected chi connectivity index (χ1v) is 7.01. The molecule has 22 heavy (non-hydrogen) atoms. The van der Waals surface area contributed by atoms with Gasteiger partial charge in [0.05, 0.1) is 30.1 Å². The number of ether oxygens (including phenoxy) is 1. The van der Waals surface area contributed by atoms with E-state index in [1.807, 2.05) is 25.1 Å². The summed E-state index contributed by atoms with van der Waals surface area (Å²) >= 11 is 5.86. The summed E-state index contributed by atoms with van der Waals surface area (Å²) in [4.78, 5) is 11.9. The number of rotatable bonds is 5. The molecular formula is C16H16ClFN2O2. The van der Waals surface area contributed by atoms with Crippen LogP contribution in [-0.2, 0) is 4.79 Å². The number of aryl methyl sites for hydroxylation is 1. The molecule has 0 unspecified atom stereocenters. The second kappa shape index (κ2) is 7.13. The summed E-state index contributed by atoms with van der Waals surface area (Å²) in [6.45, 7) is 1.98. The quantitative estimate of drug-likeness (QED) is 0.879. The van der Waals surface area contributed by atoms with E-state index in [1.54, 1.807) is 7.11 Å². The maximum Gasteiger partial charge on any atom is 0.243 e. The van der Waals surface area contributed by atoms with Crippen molar-refractivity contribution in [1.29, 1.82) is 0 Å². The van der Waals surface area contributed by atoms with E-state index in [9.17, 15) is 9.18 Å². The fraction of sp³-hybridized carbons (Fsp3) is 0.188. The van der Waals surface area contributed by atoms with E-state index in [2.05, 4.69) is 10.6 Å². The third kappa shape index (κ3) is 4.11. The van der Waals surface area contributed by atoms with Gasteiger partial charge < -0.3 is 15.4 Å². The minimum atomic E-state index is -0.453. The molecule has 0 atom stereocenters. The van der Waals surface area contributed by atoms with Gasteiger partial charge in [-0.25, -0.2) is 4.39 Å². The maximum atomic E-state index is 13.0. The Morgan fingerprint density at radius 2 is 2.00 bits per heavy atom. The molecule has 1 amide bonds. The summed E-state index contributed by atoms with van der Waals surface area (Å²) in [7, 11) is 1.56. The second-order valence-electron chi connectivity index (χ2n) is 4.73. The summed E-state index contributed by atoms with van der Waals surface area (Å²) in [5.41, 5.74) is 2.14. The van der Waals surface area contributed by atoms with E-state index in [0.29, 0.717) is 11.4 Å². The van der Waals surface area contributed by atoms with E-state index in [-0.39, 0.29) is 17.5 Å². The molecule has 2 rings (SSSR count). The van der Waals surface area contributed by atoms with Gasteiger partial charge in [-0.15, -0.1) is 0 Å². The molecule has 2 N–H and O–H groups in total. The summed E-state index contributed by atoms with van der Waals surface area (Å²) in [5.74, 6) is -0.0964. The molecule has 0 bridgehead atoms. The lowest BCUT2D eigenvalue weighted by molar-refractivity contribution is -0.114. The molecular weight excluding hydrogens is 307 g/mol. The lowest BCUT2D eigenvalue weighted by atomic mass is 10.2. The molecule has 4 nitrogen and oxygen atoms in total. The highest BCUT2D eigenvalue weighted by Crippen LogP contribution is 2.25. The SMILES string of the molecule is COc1ccc(C)cc1NCC(=O)Nc1ccc(F)cc1Cl. The highest BCUT2D eigenvalue weighted by atomic mass is 35.5. The Labute approximate surface area is 133 Å². The van der Waals surface area contributed by atoms with Gasteiger partial charge in [0.15, 0.2) is 0 Å². The van der Waals surface area contributed by atoms with Crippen molar-refractivity contribution in [3.05, 3.63) is 52.8 Å². The smallest absolute Gasteiger partial charge is 0.243 e. The van der Waals surface area contributed by atoms with E-state index in [4.69, 9.17) is 16.3 Å². The predicted octanol–water partition coefficient (Wildman–Crippen LogP) is 3.85. The zero-order valence-electron chi connectivity index (χ0n) is 12.2. The average molecular weight is 323 g/mol. The first-order chi connectivity index (χ1) is 10.5. The third-order valence-electron chi connectivity index (χ3n) is 3.00. The molecule has 0 saturated heterocycles. The highest BCUT2D eigenvalue weighted by Gasteiger charge is 2.08. The van der Waals surface area contributed by atoms with Crippen LogP contribution in [0.25, 0.3) is 0 Å². The zero-order chi connectivity index (χ0) is 16.1. The van der Waals surface area contributed by atoms with Crippen molar-refractivity contribution in [2.24, 2.45) is 0 Å². The van der Waals surface area contributed by atoms with Crippen LogP contribution in [0.15, 0.2) is 36.4 Å². The molecule has 0 heterocycles. The van der Waals surface area contributed by atoms with Gasteiger partial charge in [-0.1, -0.05) is 17.7 Å². The average Bonchev–Trinajstić information content (AvgIpc) is 2.48. The van der Waals surface area contributed by atoms with Crippen molar-refractivity contribution in [3.8, 4) is 5.75 Å². The van der Waals surface area contributed by atoms with Crippen LogP contribution in [0, 0.1) is 12.7 Å². The van der Waals surface area contributed by atoms with Gasteiger partial charge >= 0.3 is 0 Å². The Hall–Kier alpha value is -2.27. The molecule has 0 aliphatic rings. The molecule has 0 radical (unpaired) electrons. The Kier molecular flexibility index (Phi) is 5.22. The van der Waals surface area contributed by atoms with Crippen LogP contribution in [0.4, 0.5) is 15.8 Å². The van der Waals surface area contributed by atoms with Crippen molar-refractivity contribution in [2.45, 2.75) is 6.92 Å². The fourth-order valence-corrected chi connectivity index (χ4v) is 2.14. The number of hydrogen-bond donors (Lipinski definition) is 2. The minimum absolute atomic E-state index is 0.0352. The van der Waals surface area contributed by atoms with Crippen LogP contribution in [0.1, 0.15) is 5.56 Å². The Balaban J connectivity index is 2.00. The Bertz CT molecular complexity index is 692. The van der Waals surface area contributed by atoms with E-state index in [0.717, 1.165) is 17.3 Å². The maximum absolute atomic E-state index is 13.0. The number of carbonyl (C=O) groups is 1. The fourth-order valence-electron chi connectivity index (χ4n) is 1.92. The first-order valence-electron chi connectivity index (χ1n) is 6.63. The Morgan fingerprint density at radius 1 is 1.23 bits per heavy atom. The highest BCUT2D eigenvalue weighted by molar-refractivity contribution is 6.33. The lowest BCUT2D eigenvalue weighted by Gasteiger charge is -2.12. The number of anilines is 2. The van der Waals surface area contributed by atoms with Crippen LogP contribution in [0.2, 0.25) is 5.02 Å². The molecule has 0 aliphatic heterocycles. The first kappa shape index (κ1) is 16.1. The number of halogens is 2. The molecule has 116 valence electrons. The van der Waals surface area contributed by atoms with Crippen molar-refractivity contribution in [1.82, 2.24) is 0 Å². The van der Waals surface area contributed by atoms with Crippen molar-refractivity contribution >= 4 is 28.9 Å². The normalized spacial score (nSPS) is 10.2. The molecule has 0 fully saturated rings. The zero-order valence-corrected chi connectivity index (χ0v) is 13.0. The van der Waals surface area contributed by atoms with E-state index >= 15 is 0 Å². The van der Waals surface area contributed by atoms with Gasteiger partial charge in [-0.3, -0.25) is 4.79 Å². The van der Waals surface area contributed by atoms with Crippen molar-refractivity contribution < 1.29 is 13.9 Å².